The van der Waals surface area contributed by atoms with Gasteiger partial charge >= 0.3 is 0 Å². The molecule has 2 aromatic carbocycles. The molecule has 134 valence electrons. The molecule has 1 fully saturated rings. The van der Waals surface area contributed by atoms with Gasteiger partial charge in [0.05, 0.1) is 16.6 Å². The molecular weight excluding hydrogens is 378 g/mol. The zero-order chi connectivity index (χ0) is 18.4. The van der Waals surface area contributed by atoms with Gasteiger partial charge in [-0.1, -0.05) is 29.3 Å². The van der Waals surface area contributed by atoms with Crippen molar-refractivity contribution in [1.29, 1.82) is 0 Å². The minimum atomic E-state index is -0.544. The average molecular weight is 393 g/mol. The first-order chi connectivity index (χ1) is 12.4. The minimum Gasteiger partial charge on any atom is -0.332 e. The van der Waals surface area contributed by atoms with Crippen molar-refractivity contribution >= 4 is 35.0 Å². The lowest BCUT2D eigenvalue weighted by molar-refractivity contribution is -0.139. The fraction of sp³-hybridized carbons (Fsp3) is 0.263. The summed E-state index contributed by atoms with van der Waals surface area (Å²) in [6.07, 6.45) is 0.762. The van der Waals surface area contributed by atoms with Gasteiger partial charge in [-0.05, 0) is 47.9 Å². The van der Waals surface area contributed by atoms with Crippen LogP contribution in [0, 0.1) is 5.82 Å². The molecule has 0 radical (unpaired) electrons. The van der Waals surface area contributed by atoms with Crippen LogP contribution in [0.15, 0.2) is 36.4 Å². The topological polar surface area (TPSA) is 40.6 Å². The zero-order valence-electron chi connectivity index (χ0n) is 13.7. The summed E-state index contributed by atoms with van der Waals surface area (Å²) < 4.78 is 13.5. The number of hydrogen-bond acceptors (Lipinski definition) is 2. The molecule has 1 saturated heterocycles. The number of carbonyl (C=O) groups is 2. The molecule has 0 aromatic heterocycles. The van der Waals surface area contributed by atoms with Gasteiger partial charge in [0.25, 0.3) is 5.91 Å². The van der Waals surface area contributed by atoms with Gasteiger partial charge in [-0.15, -0.1) is 0 Å². The van der Waals surface area contributed by atoms with Gasteiger partial charge in [0.1, 0.15) is 12.4 Å². The van der Waals surface area contributed by atoms with E-state index in [1.807, 2.05) is 18.2 Å². The van der Waals surface area contributed by atoms with Gasteiger partial charge in [0.2, 0.25) is 5.91 Å². The van der Waals surface area contributed by atoms with Crippen molar-refractivity contribution in [1.82, 2.24) is 9.80 Å². The van der Waals surface area contributed by atoms with Gasteiger partial charge in [-0.3, -0.25) is 9.59 Å². The van der Waals surface area contributed by atoms with Gasteiger partial charge in [0, 0.05) is 18.1 Å². The summed E-state index contributed by atoms with van der Waals surface area (Å²) in [7, 11) is 0. The van der Waals surface area contributed by atoms with Crippen LogP contribution >= 0.6 is 23.2 Å². The van der Waals surface area contributed by atoms with E-state index in [2.05, 4.69) is 0 Å². The van der Waals surface area contributed by atoms with Crippen LogP contribution in [0.2, 0.25) is 10.0 Å². The monoisotopic (exact) mass is 392 g/mol. The number of fused-ring (bicyclic) bond motifs is 3. The highest BCUT2D eigenvalue weighted by Gasteiger charge is 2.39. The number of piperazine rings is 1. The van der Waals surface area contributed by atoms with Gasteiger partial charge in [0.15, 0.2) is 0 Å². The Bertz CT molecular complexity index is 918. The van der Waals surface area contributed by atoms with E-state index >= 15 is 0 Å². The van der Waals surface area contributed by atoms with E-state index in [1.165, 1.54) is 17.0 Å². The van der Waals surface area contributed by atoms with E-state index in [0.717, 1.165) is 23.6 Å². The van der Waals surface area contributed by atoms with Crippen molar-refractivity contribution < 1.29 is 14.0 Å². The minimum absolute atomic E-state index is 0.0436. The summed E-state index contributed by atoms with van der Waals surface area (Å²) in [6, 6.07) is 9.03. The number of rotatable bonds is 1. The van der Waals surface area contributed by atoms with Crippen molar-refractivity contribution in [2.24, 2.45) is 0 Å². The van der Waals surface area contributed by atoms with Crippen molar-refractivity contribution in [3.8, 4) is 0 Å². The van der Waals surface area contributed by atoms with Crippen molar-refractivity contribution in [3.63, 3.8) is 0 Å². The lowest BCUT2D eigenvalue weighted by Crippen LogP contribution is -2.55. The van der Waals surface area contributed by atoms with E-state index in [4.69, 9.17) is 23.2 Å². The van der Waals surface area contributed by atoms with Crippen LogP contribution in [0.3, 0.4) is 0 Å². The van der Waals surface area contributed by atoms with Crippen LogP contribution in [0.5, 0.6) is 0 Å². The average Bonchev–Trinajstić information content (AvgIpc) is 2.63. The highest BCUT2D eigenvalue weighted by Crippen LogP contribution is 2.35. The lowest BCUT2D eigenvalue weighted by atomic mass is 9.90. The number of amides is 2. The third-order valence-electron chi connectivity index (χ3n) is 4.95. The van der Waals surface area contributed by atoms with Crippen LogP contribution in [-0.2, 0) is 11.2 Å². The quantitative estimate of drug-likeness (QED) is 0.741. The molecule has 7 heteroatoms. The van der Waals surface area contributed by atoms with E-state index < -0.39 is 11.7 Å². The first-order valence-electron chi connectivity index (χ1n) is 8.26. The van der Waals surface area contributed by atoms with Crippen LogP contribution in [0.25, 0.3) is 0 Å². The molecule has 0 bridgehead atoms. The number of carbonyl (C=O) groups excluding carboxylic acids is 2. The molecule has 2 aliphatic rings. The first-order valence-corrected chi connectivity index (χ1v) is 9.02. The summed E-state index contributed by atoms with van der Waals surface area (Å²) >= 11 is 12.2. The summed E-state index contributed by atoms with van der Waals surface area (Å²) in [5, 5.41) is 0.757. The standard InChI is InChI=1S/C19H15Cl2FN2O2/c20-12-2-1-11-5-6-24-17(14(11)7-12)9-23(10-18(24)25)19(26)15-8-13(22)3-4-16(15)21/h1-4,7-8,17H,5-6,9-10H2. The lowest BCUT2D eigenvalue weighted by Gasteiger charge is -2.44. The molecular formula is C19H15Cl2FN2O2. The second-order valence-electron chi connectivity index (χ2n) is 6.51. The zero-order valence-corrected chi connectivity index (χ0v) is 15.2. The van der Waals surface area contributed by atoms with Crippen molar-refractivity contribution in [3.05, 3.63) is 69.0 Å². The molecule has 2 aromatic rings. The predicted octanol–water partition coefficient (Wildman–Crippen LogP) is 3.71. The highest BCUT2D eigenvalue weighted by molar-refractivity contribution is 6.33. The Hall–Kier alpha value is -2.11. The molecule has 2 aliphatic heterocycles. The molecule has 1 unspecified atom stereocenters. The van der Waals surface area contributed by atoms with Crippen molar-refractivity contribution in [2.75, 3.05) is 19.6 Å². The summed E-state index contributed by atoms with van der Waals surface area (Å²) in [4.78, 5) is 28.7. The summed E-state index contributed by atoms with van der Waals surface area (Å²) in [6.45, 7) is 0.893. The van der Waals surface area contributed by atoms with Gasteiger partial charge < -0.3 is 9.80 Å². The smallest absolute Gasteiger partial charge is 0.256 e. The fourth-order valence-corrected chi connectivity index (χ4v) is 4.06. The van der Waals surface area contributed by atoms with E-state index in [1.54, 1.807) is 4.90 Å². The third-order valence-corrected chi connectivity index (χ3v) is 5.52. The Labute approximate surface area is 160 Å². The number of nitrogens with zero attached hydrogens (tertiary/aromatic N) is 2. The molecule has 4 nitrogen and oxygen atoms in total. The SMILES string of the molecule is O=C(c1cc(F)ccc1Cl)N1CC(=O)N2CCc3ccc(Cl)cc3C2C1. The molecule has 0 aliphatic carbocycles. The molecule has 4 rings (SSSR count). The highest BCUT2D eigenvalue weighted by atomic mass is 35.5. The van der Waals surface area contributed by atoms with Crippen LogP contribution in [-0.4, -0.2) is 41.2 Å². The van der Waals surface area contributed by atoms with E-state index in [9.17, 15) is 14.0 Å². The Morgan fingerprint density at radius 1 is 1.15 bits per heavy atom. The maximum absolute atomic E-state index is 13.5. The Morgan fingerprint density at radius 3 is 2.77 bits per heavy atom. The van der Waals surface area contributed by atoms with Gasteiger partial charge in [-0.25, -0.2) is 4.39 Å². The largest absolute Gasteiger partial charge is 0.332 e. The van der Waals surface area contributed by atoms with Crippen LogP contribution in [0.1, 0.15) is 27.5 Å². The van der Waals surface area contributed by atoms with E-state index in [-0.39, 0.29) is 29.1 Å². The molecule has 26 heavy (non-hydrogen) atoms. The maximum Gasteiger partial charge on any atom is 0.256 e. The number of halogens is 3. The number of benzene rings is 2. The normalized spacial score (nSPS) is 19.2. The summed E-state index contributed by atoms with van der Waals surface area (Å²) in [5.41, 5.74) is 2.15. The molecule has 2 heterocycles. The van der Waals surface area contributed by atoms with Crippen molar-refractivity contribution in [2.45, 2.75) is 12.5 Å². The van der Waals surface area contributed by atoms with Crippen LogP contribution < -0.4 is 0 Å². The molecule has 0 spiro atoms. The molecule has 0 saturated carbocycles. The Morgan fingerprint density at radius 2 is 1.96 bits per heavy atom. The second kappa shape index (κ2) is 6.56. The number of hydrogen-bond donors (Lipinski definition) is 0. The molecule has 2 amide bonds. The maximum atomic E-state index is 13.5. The third kappa shape index (κ3) is 2.95. The Balaban J connectivity index is 1.68. The second-order valence-corrected chi connectivity index (χ2v) is 7.35. The van der Waals surface area contributed by atoms with Crippen LogP contribution in [0.4, 0.5) is 4.39 Å². The molecule has 0 N–H and O–H groups in total. The first kappa shape index (κ1) is 17.3. The molecule has 1 atom stereocenters. The van der Waals surface area contributed by atoms with Gasteiger partial charge in [-0.2, -0.15) is 0 Å². The Kier molecular flexibility index (Phi) is 4.37. The van der Waals surface area contributed by atoms with E-state index in [0.29, 0.717) is 18.1 Å². The fourth-order valence-electron chi connectivity index (χ4n) is 3.68. The predicted molar refractivity (Wildman–Crippen MR) is 96.9 cm³/mol. The summed E-state index contributed by atoms with van der Waals surface area (Å²) in [5.74, 6) is -1.12.